The Labute approximate surface area is 95.2 Å². The molecule has 0 bridgehead atoms. The molecule has 1 nitrogen and oxygen atoms in total. The van der Waals surface area contributed by atoms with Crippen LogP contribution in [0, 0.1) is 0 Å². The van der Waals surface area contributed by atoms with Gasteiger partial charge in [0.15, 0.2) is 0 Å². The summed E-state index contributed by atoms with van der Waals surface area (Å²) in [6.45, 7) is 16.1. The van der Waals surface area contributed by atoms with Crippen molar-refractivity contribution in [1.29, 1.82) is 0 Å². The van der Waals surface area contributed by atoms with Gasteiger partial charge >= 0.3 is 0 Å². The Morgan fingerprint density at radius 1 is 0.867 bits per heavy atom. The largest absolute Gasteiger partial charge is 0.370 e. The fourth-order valence-electron chi connectivity index (χ4n) is 1.75. The Morgan fingerprint density at radius 3 is 1.47 bits per heavy atom. The fraction of sp³-hybridized carbons (Fsp3) is 0.714. The molecule has 0 spiro atoms. The summed E-state index contributed by atoms with van der Waals surface area (Å²) < 4.78 is 6.13. The molecule has 0 aromatic carbocycles. The van der Waals surface area contributed by atoms with Crippen LogP contribution in [0.15, 0.2) is 25.3 Å². The van der Waals surface area contributed by atoms with Gasteiger partial charge in [-0.3, -0.25) is 0 Å². The molecule has 0 saturated carbocycles. The molecule has 0 unspecified atom stereocenters. The molecule has 0 rings (SSSR count). The van der Waals surface area contributed by atoms with Gasteiger partial charge in [0.25, 0.3) is 0 Å². The Balaban J connectivity index is 4.15. The van der Waals surface area contributed by atoms with Crippen molar-refractivity contribution in [2.24, 2.45) is 0 Å². The molecule has 0 atom stereocenters. The third-order valence-electron chi connectivity index (χ3n) is 2.45. The highest BCUT2D eigenvalue weighted by atomic mass is 16.5. The zero-order valence-corrected chi connectivity index (χ0v) is 10.8. The summed E-state index contributed by atoms with van der Waals surface area (Å²) in [6.07, 6.45) is 7.95. The predicted molar refractivity (Wildman–Crippen MR) is 68.1 cm³/mol. The lowest BCUT2D eigenvalue weighted by molar-refractivity contribution is -0.128. The van der Waals surface area contributed by atoms with Crippen molar-refractivity contribution in [3.05, 3.63) is 25.3 Å². The molecule has 88 valence electrons. The van der Waals surface area contributed by atoms with Crippen molar-refractivity contribution in [3.63, 3.8) is 0 Å². The van der Waals surface area contributed by atoms with Gasteiger partial charge < -0.3 is 4.74 Å². The smallest absolute Gasteiger partial charge is 0.0636 e. The molecule has 0 N–H and O–H groups in total. The van der Waals surface area contributed by atoms with Crippen molar-refractivity contribution in [2.75, 3.05) is 0 Å². The molecule has 0 aliphatic rings. The number of hydrogen-bond acceptors (Lipinski definition) is 1. The lowest BCUT2D eigenvalue weighted by Crippen LogP contribution is -2.36. The van der Waals surface area contributed by atoms with Gasteiger partial charge in [0.1, 0.15) is 0 Å². The Hall–Kier alpha value is -0.560. The van der Waals surface area contributed by atoms with Gasteiger partial charge in [0.05, 0.1) is 11.2 Å². The molecular weight excluding hydrogens is 184 g/mol. The van der Waals surface area contributed by atoms with E-state index in [1.807, 2.05) is 12.2 Å². The molecule has 0 aromatic heterocycles. The van der Waals surface area contributed by atoms with Gasteiger partial charge in [0.2, 0.25) is 0 Å². The number of rotatable bonds is 8. The molecule has 1 heteroatoms. The Morgan fingerprint density at radius 2 is 1.20 bits per heavy atom. The van der Waals surface area contributed by atoms with Crippen molar-refractivity contribution >= 4 is 0 Å². The fourth-order valence-corrected chi connectivity index (χ4v) is 1.75. The topological polar surface area (TPSA) is 9.23 Å². The third-order valence-corrected chi connectivity index (χ3v) is 2.45. The van der Waals surface area contributed by atoms with Crippen LogP contribution in [0.4, 0.5) is 0 Å². The zero-order valence-electron chi connectivity index (χ0n) is 10.8. The quantitative estimate of drug-likeness (QED) is 0.536. The Kier molecular flexibility index (Phi) is 5.89. The van der Waals surface area contributed by atoms with Crippen LogP contribution in [0.1, 0.15) is 53.4 Å². The molecule has 0 aliphatic heterocycles. The standard InChI is InChI=1S/C14H26O/c1-7-9-11-13(3,4)15-14(5,6)12-10-8-2/h7-8H,1-2,9-12H2,3-6H3. The SMILES string of the molecule is C=CCCC(C)(C)OC(C)(C)CCC=C. The first-order valence-corrected chi connectivity index (χ1v) is 5.75. The average molecular weight is 210 g/mol. The van der Waals surface area contributed by atoms with Gasteiger partial charge in [-0.15, -0.1) is 13.2 Å². The first-order chi connectivity index (χ1) is 6.83. The molecular formula is C14H26O. The van der Waals surface area contributed by atoms with Gasteiger partial charge in [0, 0.05) is 0 Å². The van der Waals surface area contributed by atoms with E-state index >= 15 is 0 Å². The monoisotopic (exact) mass is 210 g/mol. The van der Waals surface area contributed by atoms with E-state index in [-0.39, 0.29) is 11.2 Å². The van der Waals surface area contributed by atoms with Gasteiger partial charge in [-0.25, -0.2) is 0 Å². The summed E-state index contributed by atoms with van der Waals surface area (Å²) in [6, 6.07) is 0. The van der Waals surface area contributed by atoms with E-state index in [4.69, 9.17) is 4.74 Å². The molecule has 15 heavy (non-hydrogen) atoms. The molecule has 0 amide bonds. The van der Waals surface area contributed by atoms with Crippen LogP contribution in [0.25, 0.3) is 0 Å². The highest BCUT2D eigenvalue weighted by molar-refractivity contribution is 4.82. The zero-order chi connectivity index (χ0) is 11.9. The normalized spacial score (nSPS) is 12.5. The van der Waals surface area contributed by atoms with Crippen molar-refractivity contribution in [3.8, 4) is 0 Å². The van der Waals surface area contributed by atoms with E-state index in [0.29, 0.717) is 0 Å². The molecule has 0 saturated heterocycles. The van der Waals surface area contributed by atoms with Crippen LogP contribution < -0.4 is 0 Å². The summed E-state index contributed by atoms with van der Waals surface area (Å²) >= 11 is 0. The minimum atomic E-state index is -0.0706. The number of allylic oxidation sites excluding steroid dienone is 2. The summed E-state index contributed by atoms with van der Waals surface area (Å²) in [5.74, 6) is 0. The van der Waals surface area contributed by atoms with Crippen LogP contribution in [0.3, 0.4) is 0 Å². The summed E-state index contributed by atoms with van der Waals surface area (Å²) in [5.41, 5.74) is -0.141. The van der Waals surface area contributed by atoms with E-state index < -0.39 is 0 Å². The molecule has 0 aliphatic carbocycles. The van der Waals surface area contributed by atoms with E-state index in [2.05, 4.69) is 40.9 Å². The van der Waals surface area contributed by atoms with E-state index in [0.717, 1.165) is 25.7 Å². The summed E-state index contributed by atoms with van der Waals surface area (Å²) in [4.78, 5) is 0. The molecule has 0 radical (unpaired) electrons. The highest BCUT2D eigenvalue weighted by Gasteiger charge is 2.27. The van der Waals surface area contributed by atoms with Crippen molar-refractivity contribution in [1.82, 2.24) is 0 Å². The van der Waals surface area contributed by atoms with Crippen LogP contribution >= 0.6 is 0 Å². The molecule has 0 fully saturated rings. The summed E-state index contributed by atoms with van der Waals surface area (Å²) in [7, 11) is 0. The average Bonchev–Trinajstić information content (AvgIpc) is 2.10. The maximum Gasteiger partial charge on any atom is 0.0636 e. The van der Waals surface area contributed by atoms with E-state index in [1.165, 1.54) is 0 Å². The van der Waals surface area contributed by atoms with Gasteiger partial charge in [-0.1, -0.05) is 12.2 Å². The first-order valence-electron chi connectivity index (χ1n) is 5.75. The van der Waals surface area contributed by atoms with Gasteiger partial charge in [-0.05, 0) is 53.4 Å². The van der Waals surface area contributed by atoms with Crippen LogP contribution in [-0.2, 0) is 4.74 Å². The second-order valence-corrected chi connectivity index (χ2v) is 5.28. The maximum absolute atomic E-state index is 6.13. The lowest BCUT2D eigenvalue weighted by Gasteiger charge is -2.36. The minimum Gasteiger partial charge on any atom is -0.370 e. The van der Waals surface area contributed by atoms with Gasteiger partial charge in [-0.2, -0.15) is 0 Å². The van der Waals surface area contributed by atoms with Crippen LogP contribution in [0.2, 0.25) is 0 Å². The Bertz CT molecular complexity index is 179. The third kappa shape index (κ3) is 7.38. The van der Waals surface area contributed by atoms with Crippen molar-refractivity contribution < 1.29 is 4.74 Å². The second-order valence-electron chi connectivity index (χ2n) is 5.28. The first kappa shape index (κ1) is 14.4. The van der Waals surface area contributed by atoms with Crippen LogP contribution in [0.5, 0.6) is 0 Å². The highest BCUT2D eigenvalue weighted by Crippen LogP contribution is 2.27. The lowest BCUT2D eigenvalue weighted by atomic mass is 9.97. The predicted octanol–water partition coefficient (Wildman–Crippen LogP) is 4.49. The summed E-state index contributed by atoms with van der Waals surface area (Å²) in [5, 5.41) is 0. The van der Waals surface area contributed by atoms with E-state index in [9.17, 15) is 0 Å². The second kappa shape index (κ2) is 6.12. The maximum atomic E-state index is 6.13. The molecule has 0 heterocycles. The number of ether oxygens (including phenoxy) is 1. The molecule has 0 aromatic rings. The number of hydrogen-bond donors (Lipinski definition) is 0. The van der Waals surface area contributed by atoms with E-state index in [1.54, 1.807) is 0 Å². The minimum absolute atomic E-state index is 0.0706. The van der Waals surface area contributed by atoms with Crippen LogP contribution in [-0.4, -0.2) is 11.2 Å². The van der Waals surface area contributed by atoms with Crippen molar-refractivity contribution in [2.45, 2.75) is 64.6 Å².